The third-order valence-electron chi connectivity index (χ3n) is 13.5. The molecule has 1 nitrogen and oxygen atoms in total. The minimum absolute atomic E-state index is 0.224. The van der Waals surface area contributed by atoms with E-state index < -0.39 is 0 Å². The summed E-state index contributed by atoms with van der Waals surface area (Å²) in [6.07, 6.45) is 0. The van der Waals surface area contributed by atoms with Gasteiger partial charge >= 0.3 is 0 Å². The average molecular weight is 848 g/mol. The fourth-order valence-electron chi connectivity index (χ4n) is 10.1. The second-order valence-corrected chi connectivity index (χ2v) is 18.7. The van der Waals surface area contributed by atoms with Crippen LogP contribution in [0.3, 0.4) is 0 Å². The van der Waals surface area contributed by atoms with Crippen LogP contribution in [0.15, 0.2) is 237 Å². The van der Waals surface area contributed by atoms with Gasteiger partial charge in [-0.3, -0.25) is 0 Å². The van der Waals surface area contributed by atoms with Crippen LogP contribution in [0.25, 0.3) is 86.9 Å². The van der Waals surface area contributed by atoms with E-state index in [4.69, 9.17) is 0 Å². The molecule has 0 fully saturated rings. The first-order chi connectivity index (χ1) is 32.0. The summed E-state index contributed by atoms with van der Waals surface area (Å²) in [6, 6.07) is 87.1. The Bertz CT molecular complexity index is 3540. The Hall–Kier alpha value is -7.78. The second kappa shape index (κ2) is 15.8. The van der Waals surface area contributed by atoms with Gasteiger partial charge in [-0.05, 0) is 115 Å². The van der Waals surface area contributed by atoms with Crippen LogP contribution in [-0.2, 0) is 5.41 Å². The molecule has 0 spiro atoms. The van der Waals surface area contributed by atoms with Crippen molar-refractivity contribution in [1.29, 1.82) is 0 Å². The van der Waals surface area contributed by atoms with Crippen molar-refractivity contribution in [3.8, 4) is 66.8 Å². The summed E-state index contributed by atoms with van der Waals surface area (Å²) < 4.78 is 2.63. The van der Waals surface area contributed by atoms with Gasteiger partial charge in [0.1, 0.15) is 0 Å². The first kappa shape index (κ1) is 38.9. The topological polar surface area (TPSA) is 3.24 Å². The molecule has 1 heterocycles. The molecule has 0 saturated carbocycles. The van der Waals surface area contributed by atoms with Crippen molar-refractivity contribution >= 4 is 48.6 Å². The van der Waals surface area contributed by atoms with Gasteiger partial charge in [-0.25, -0.2) is 0 Å². The number of nitrogens with zero attached hydrogens (tertiary/aromatic N) is 1. The number of benzene rings is 10. The number of thiophene rings is 1. The lowest BCUT2D eigenvalue weighted by Crippen LogP contribution is -2.17. The molecular formula is C63H45NS. The van der Waals surface area contributed by atoms with Crippen LogP contribution in [0.2, 0.25) is 0 Å². The molecule has 1 aromatic heterocycles. The molecule has 1 aliphatic rings. The Kier molecular flexibility index (Phi) is 9.44. The molecule has 12 rings (SSSR count). The van der Waals surface area contributed by atoms with Crippen molar-refractivity contribution in [3.05, 3.63) is 248 Å². The van der Waals surface area contributed by atoms with E-state index in [9.17, 15) is 0 Å². The number of fused-ring (bicyclic) bond motifs is 6. The number of hydrogen-bond acceptors (Lipinski definition) is 2. The van der Waals surface area contributed by atoms with Crippen LogP contribution in [0.4, 0.5) is 17.1 Å². The molecule has 0 amide bonds. The molecule has 0 saturated heterocycles. The lowest BCUT2D eigenvalue weighted by Gasteiger charge is -2.30. The maximum Gasteiger partial charge on any atom is 0.0540 e. The highest BCUT2D eigenvalue weighted by Crippen LogP contribution is 2.52. The Labute approximate surface area is 385 Å². The van der Waals surface area contributed by atoms with E-state index in [2.05, 4.69) is 255 Å². The highest BCUT2D eigenvalue weighted by molar-refractivity contribution is 7.26. The van der Waals surface area contributed by atoms with Crippen molar-refractivity contribution in [2.24, 2.45) is 0 Å². The van der Waals surface area contributed by atoms with Gasteiger partial charge < -0.3 is 4.90 Å². The highest BCUT2D eigenvalue weighted by atomic mass is 32.1. The van der Waals surface area contributed by atoms with Crippen molar-refractivity contribution in [3.63, 3.8) is 0 Å². The zero-order valence-electron chi connectivity index (χ0n) is 36.4. The maximum atomic E-state index is 2.48. The van der Waals surface area contributed by atoms with Crippen molar-refractivity contribution < 1.29 is 0 Å². The van der Waals surface area contributed by atoms with E-state index in [1.54, 1.807) is 0 Å². The van der Waals surface area contributed by atoms with Gasteiger partial charge in [-0.2, -0.15) is 0 Å². The molecule has 1 aliphatic carbocycles. The average Bonchev–Trinajstić information content (AvgIpc) is 3.86. The third kappa shape index (κ3) is 6.77. The number of para-hydroxylation sites is 1. The minimum atomic E-state index is -0.224. The van der Waals surface area contributed by atoms with Gasteiger partial charge in [0.15, 0.2) is 0 Å². The SMILES string of the molecule is CC1(C)c2cc(-c3ccc(-c4ccccc4)cc3)ccc2-c2ccc(N(c3cccc(-c4cccc5c4sc4ccccc45)c3)c3ccccc3-c3ccc(-c4ccccc4)cc3)cc21. The molecule has 0 N–H and O–H groups in total. The monoisotopic (exact) mass is 847 g/mol. The largest absolute Gasteiger partial charge is 0.310 e. The summed E-state index contributed by atoms with van der Waals surface area (Å²) in [5.74, 6) is 0. The quantitative estimate of drug-likeness (QED) is 0.147. The van der Waals surface area contributed by atoms with E-state index in [1.165, 1.54) is 98.1 Å². The molecule has 0 unspecified atom stereocenters. The van der Waals surface area contributed by atoms with Gasteiger partial charge in [-0.15, -0.1) is 11.3 Å². The second-order valence-electron chi connectivity index (χ2n) is 17.7. The third-order valence-corrected chi connectivity index (χ3v) is 14.7. The van der Waals surface area contributed by atoms with Crippen LogP contribution in [0.1, 0.15) is 25.0 Å². The summed E-state index contributed by atoms with van der Waals surface area (Å²) in [5, 5.41) is 2.62. The number of hydrogen-bond donors (Lipinski definition) is 0. The molecule has 0 atom stereocenters. The summed E-state index contributed by atoms with van der Waals surface area (Å²) in [4.78, 5) is 2.48. The van der Waals surface area contributed by atoms with Crippen LogP contribution >= 0.6 is 11.3 Å². The van der Waals surface area contributed by atoms with Crippen LogP contribution < -0.4 is 4.90 Å². The Balaban J connectivity index is 0.979. The van der Waals surface area contributed by atoms with E-state index >= 15 is 0 Å². The summed E-state index contributed by atoms with van der Waals surface area (Å²) in [5.41, 5.74) is 20.6. The fourth-order valence-corrected chi connectivity index (χ4v) is 11.4. The maximum absolute atomic E-state index is 2.48. The van der Waals surface area contributed by atoms with Crippen molar-refractivity contribution in [1.82, 2.24) is 0 Å². The Morgan fingerprint density at radius 3 is 1.54 bits per heavy atom. The molecule has 0 radical (unpaired) electrons. The Morgan fingerprint density at radius 2 is 0.815 bits per heavy atom. The van der Waals surface area contributed by atoms with Crippen LogP contribution in [0.5, 0.6) is 0 Å². The van der Waals surface area contributed by atoms with Gasteiger partial charge in [0.05, 0.1) is 5.69 Å². The molecule has 65 heavy (non-hydrogen) atoms. The smallest absolute Gasteiger partial charge is 0.0540 e. The molecule has 0 bridgehead atoms. The van der Waals surface area contributed by atoms with Crippen LogP contribution in [-0.4, -0.2) is 0 Å². The van der Waals surface area contributed by atoms with E-state index in [0.29, 0.717) is 0 Å². The lowest BCUT2D eigenvalue weighted by atomic mass is 9.81. The van der Waals surface area contributed by atoms with E-state index in [0.717, 1.165) is 17.1 Å². The van der Waals surface area contributed by atoms with Gasteiger partial charge in [0, 0.05) is 42.5 Å². The van der Waals surface area contributed by atoms with E-state index in [1.807, 2.05) is 11.3 Å². The fraction of sp³-hybridized carbons (Fsp3) is 0.0476. The van der Waals surface area contributed by atoms with E-state index in [-0.39, 0.29) is 5.41 Å². The normalized spacial score (nSPS) is 12.6. The molecule has 11 aromatic rings. The zero-order chi connectivity index (χ0) is 43.5. The predicted molar refractivity (Wildman–Crippen MR) is 279 cm³/mol. The van der Waals surface area contributed by atoms with Gasteiger partial charge in [0.25, 0.3) is 0 Å². The number of rotatable bonds is 8. The Morgan fingerprint density at radius 1 is 0.323 bits per heavy atom. The minimum Gasteiger partial charge on any atom is -0.310 e. The first-order valence-electron chi connectivity index (χ1n) is 22.5. The van der Waals surface area contributed by atoms with Gasteiger partial charge in [0.2, 0.25) is 0 Å². The lowest BCUT2D eigenvalue weighted by molar-refractivity contribution is 0.660. The zero-order valence-corrected chi connectivity index (χ0v) is 37.2. The molecule has 2 heteroatoms. The van der Waals surface area contributed by atoms with Crippen LogP contribution in [0, 0.1) is 0 Å². The molecular weight excluding hydrogens is 803 g/mol. The summed E-state index contributed by atoms with van der Waals surface area (Å²) in [7, 11) is 0. The highest BCUT2D eigenvalue weighted by Gasteiger charge is 2.36. The van der Waals surface area contributed by atoms with Crippen molar-refractivity contribution in [2.75, 3.05) is 4.90 Å². The predicted octanol–water partition coefficient (Wildman–Crippen LogP) is 18.2. The van der Waals surface area contributed by atoms with Gasteiger partial charge in [-0.1, -0.05) is 208 Å². The summed E-state index contributed by atoms with van der Waals surface area (Å²) >= 11 is 1.88. The molecule has 308 valence electrons. The molecule has 10 aromatic carbocycles. The standard InChI is InChI=1S/C63H45NS/c1-63(2)58-40-48(46-29-27-44(28-30-46)42-15-5-3-6-16-42)35-37-54(58)55-38-36-51(41-59(55)63)64(60-25-11-9-21-52(60)47-33-31-45(32-34-47)43-17-7-4-8-18-43)50-20-13-19-49(39-50)53-23-14-24-57-56-22-10-12-26-61(56)65-62(53)57/h3-41H,1-2H3. The molecule has 0 aliphatic heterocycles. The summed E-state index contributed by atoms with van der Waals surface area (Å²) in [6.45, 7) is 4.78. The van der Waals surface area contributed by atoms with Crippen molar-refractivity contribution in [2.45, 2.75) is 19.3 Å². The number of anilines is 3. The first-order valence-corrected chi connectivity index (χ1v) is 23.3.